The molecule has 0 radical (unpaired) electrons. The molecule has 0 fully saturated rings. The van der Waals surface area contributed by atoms with Crippen LogP contribution >= 0.6 is 0 Å². The molecule has 0 bridgehead atoms. The fourth-order valence-electron chi connectivity index (χ4n) is 1.22. The molecule has 0 aliphatic carbocycles. The summed E-state index contributed by atoms with van der Waals surface area (Å²) in [6, 6.07) is 5.46. The zero-order valence-corrected chi connectivity index (χ0v) is 7.83. The maximum atomic E-state index is 5.75. The van der Waals surface area contributed by atoms with Gasteiger partial charge in [-0.2, -0.15) is 9.78 Å². The highest BCUT2D eigenvalue weighted by atomic mass is 15.4. The third-order valence-corrected chi connectivity index (χ3v) is 1.85. The molecule has 0 aliphatic heterocycles. The van der Waals surface area contributed by atoms with Crippen molar-refractivity contribution in [2.75, 3.05) is 0 Å². The van der Waals surface area contributed by atoms with Crippen LogP contribution in [0.15, 0.2) is 30.7 Å². The molecule has 0 spiro atoms. The Labute approximate surface area is 81.6 Å². The van der Waals surface area contributed by atoms with Crippen molar-refractivity contribution in [3.8, 4) is 5.82 Å². The lowest BCUT2D eigenvalue weighted by molar-refractivity contribution is 0.681. The van der Waals surface area contributed by atoms with Gasteiger partial charge in [0, 0.05) is 6.20 Å². The summed E-state index contributed by atoms with van der Waals surface area (Å²) in [7, 11) is 0. The van der Waals surface area contributed by atoms with Crippen LogP contribution in [0.1, 0.15) is 18.8 Å². The Balaban J connectivity index is 2.47. The second-order valence-corrected chi connectivity index (χ2v) is 3.01. The highest BCUT2D eigenvalue weighted by Gasteiger charge is 2.10. The minimum Gasteiger partial charge on any atom is -0.322 e. The summed E-state index contributed by atoms with van der Waals surface area (Å²) >= 11 is 0. The van der Waals surface area contributed by atoms with Gasteiger partial charge in [0.15, 0.2) is 11.6 Å². The Morgan fingerprint density at radius 1 is 1.36 bits per heavy atom. The van der Waals surface area contributed by atoms with Crippen molar-refractivity contribution < 1.29 is 0 Å². The van der Waals surface area contributed by atoms with E-state index in [9.17, 15) is 0 Å². The Morgan fingerprint density at radius 2 is 2.21 bits per heavy atom. The molecule has 0 aromatic carbocycles. The number of rotatable bonds is 2. The lowest BCUT2D eigenvalue weighted by Gasteiger charge is -2.06. The van der Waals surface area contributed by atoms with E-state index in [0.717, 1.165) is 5.82 Å². The fourth-order valence-corrected chi connectivity index (χ4v) is 1.22. The molecule has 2 aromatic heterocycles. The Hall–Kier alpha value is -1.75. The first-order valence-corrected chi connectivity index (χ1v) is 4.36. The van der Waals surface area contributed by atoms with Crippen LogP contribution in [0.4, 0.5) is 0 Å². The van der Waals surface area contributed by atoms with Crippen molar-refractivity contribution in [3.63, 3.8) is 0 Å². The maximum Gasteiger partial charge on any atom is 0.155 e. The monoisotopic (exact) mass is 189 g/mol. The first kappa shape index (κ1) is 8.83. The molecule has 0 saturated heterocycles. The van der Waals surface area contributed by atoms with E-state index in [0.29, 0.717) is 5.82 Å². The van der Waals surface area contributed by atoms with E-state index in [2.05, 4.69) is 15.1 Å². The second-order valence-electron chi connectivity index (χ2n) is 3.01. The predicted octanol–water partition coefficient (Wildman–Crippen LogP) is 0.682. The van der Waals surface area contributed by atoms with Gasteiger partial charge in [-0.05, 0) is 19.1 Å². The number of hydrogen-bond donors (Lipinski definition) is 1. The summed E-state index contributed by atoms with van der Waals surface area (Å²) < 4.78 is 1.64. The molecule has 2 rings (SSSR count). The first-order chi connectivity index (χ1) is 6.79. The molecule has 14 heavy (non-hydrogen) atoms. The Morgan fingerprint density at radius 3 is 2.86 bits per heavy atom. The van der Waals surface area contributed by atoms with E-state index < -0.39 is 0 Å². The molecule has 0 saturated carbocycles. The zero-order valence-electron chi connectivity index (χ0n) is 7.83. The number of pyridine rings is 1. The van der Waals surface area contributed by atoms with Gasteiger partial charge >= 0.3 is 0 Å². The van der Waals surface area contributed by atoms with Gasteiger partial charge in [0.2, 0.25) is 0 Å². The van der Waals surface area contributed by atoms with Crippen molar-refractivity contribution in [1.29, 1.82) is 0 Å². The van der Waals surface area contributed by atoms with Crippen molar-refractivity contribution in [2.24, 2.45) is 5.73 Å². The first-order valence-electron chi connectivity index (χ1n) is 4.36. The lowest BCUT2D eigenvalue weighted by Crippen LogP contribution is -2.13. The van der Waals surface area contributed by atoms with Gasteiger partial charge in [-0.3, -0.25) is 0 Å². The van der Waals surface area contributed by atoms with Crippen LogP contribution in [0, 0.1) is 0 Å². The predicted molar refractivity (Wildman–Crippen MR) is 51.8 cm³/mol. The van der Waals surface area contributed by atoms with E-state index in [1.807, 2.05) is 25.1 Å². The average Bonchev–Trinajstić information content (AvgIpc) is 2.67. The smallest absolute Gasteiger partial charge is 0.155 e. The van der Waals surface area contributed by atoms with Crippen LogP contribution < -0.4 is 5.73 Å². The molecule has 72 valence electrons. The fraction of sp³-hybridized carbons (Fsp3) is 0.222. The maximum absolute atomic E-state index is 5.75. The van der Waals surface area contributed by atoms with E-state index in [-0.39, 0.29) is 6.04 Å². The van der Waals surface area contributed by atoms with Crippen LogP contribution in [0.5, 0.6) is 0 Å². The molecular weight excluding hydrogens is 178 g/mol. The van der Waals surface area contributed by atoms with E-state index in [1.54, 1.807) is 10.9 Å². The van der Waals surface area contributed by atoms with Crippen LogP contribution in [0.2, 0.25) is 0 Å². The number of nitrogens with two attached hydrogens (primary N) is 1. The highest BCUT2D eigenvalue weighted by molar-refractivity contribution is 5.21. The molecule has 0 aliphatic rings. The van der Waals surface area contributed by atoms with Crippen LogP contribution in [0.3, 0.4) is 0 Å². The Kier molecular flexibility index (Phi) is 2.24. The van der Waals surface area contributed by atoms with Crippen molar-refractivity contribution in [2.45, 2.75) is 13.0 Å². The van der Waals surface area contributed by atoms with Crippen LogP contribution in [-0.2, 0) is 0 Å². The lowest BCUT2D eigenvalue weighted by atomic mass is 10.3. The van der Waals surface area contributed by atoms with Gasteiger partial charge in [0.25, 0.3) is 0 Å². The summed E-state index contributed by atoms with van der Waals surface area (Å²) in [6.45, 7) is 1.86. The quantitative estimate of drug-likeness (QED) is 0.754. The average molecular weight is 189 g/mol. The number of aromatic nitrogens is 4. The summed E-state index contributed by atoms with van der Waals surface area (Å²) in [5, 5.41) is 4.07. The molecule has 2 aromatic rings. The zero-order chi connectivity index (χ0) is 9.97. The van der Waals surface area contributed by atoms with Gasteiger partial charge in [0.1, 0.15) is 6.33 Å². The van der Waals surface area contributed by atoms with Gasteiger partial charge in [-0.25, -0.2) is 9.97 Å². The van der Waals surface area contributed by atoms with Crippen molar-refractivity contribution in [3.05, 3.63) is 36.5 Å². The van der Waals surface area contributed by atoms with Crippen molar-refractivity contribution >= 4 is 0 Å². The molecule has 2 N–H and O–H groups in total. The summed E-state index contributed by atoms with van der Waals surface area (Å²) in [5.41, 5.74) is 5.75. The molecule has 1 atom stereocenters. The van der Waals surface area contributed by atoms with Gasteiger partial charge < -0.3 is 5.73 Å². The van der Waals surface area contributed by atoms with Crippen LogP contribution in [0.25, 0.3) is 5.82 Å². The SMILES string of the molecule is CC(N)c1ncnn1-c1ccccn1. The van der Waals surface area contributed by atoms with Crippen LogP contribution in [-0.4, -0.2) is 19.7 Å². The van der Waals surface area contributed by atoms with E-state index >= 15 is 0 Å². The molecule has 5 nitrogen and oxygen atoms in total. The summed E-state index contributed by atoms with van der Waals surface area (Å²) in [5.74, 6) is 1.45. The topological polar surface area (TPSA) is 69.6 Å². The molecule has 0 amide bonds. The summed E-state index contributed by atoms with van der Waals surface area (Å²) in [6.07, 6.45) is 3.19. The largest absolute Gasteiger partial charge is 0.322 e. The summed E-state index contributed by atoms with van der Waals surface area (Å²) in [4.78, 5) is 8.25. The van der Waals surface area contributed by atoms with Gasteiger partial charge in [-0.15, -0.1) is 0 Å². The normalized spacial score (nSPS) is 12.7. The number of nitrogens with zero attached hydrogens (tertiary/aromatic N) is 4. The minimum atomic E-state index is -0.153. The van der Waals surface area contributed by atoms with E-state index in [1.165, 1.54) is 6.33 Å². The van der Waals surface area contributed by atoms with E-state index in [4.69, 9.17) is 5.73 Å². The standard InChI is InChI=1S/C9H11N5/c1-7(10)9-12-6-13-14(9)8-4-2-3-5-11-8/h2-7H,10H2,1H3. The Bertz CT molecular complexity index is 406. The third kappa shape index (κ3) is 1.49. The molecule has 2 heterocycles. The van der Waals surface area contributed by atoms with Gasteiger partial charge in [-0.1, -0.05) is 6.07 Å². The highest BCUT2D eigenvalue weighted by Crippen LogP contribution is 2.09. The van der Waals surface area contributed by atoms with Gasteiger partial charge in [0.05, 0.1) is 6.04 Å². The van der Waals surface area contributed by atoms with Crippen molar-refractivity contribution in [1.82, 2.24) is 19.7 Å². The molecule has 1 unspecified atom stereocenters. The molecule has 5 heteroatoms. The minimum absolute atomic E-state index is 0.153. The molecular formula is C9H11N5. The third-order valence-electron chi connectivity index (χ3n) is 1.85. The number of hydrogen-bond acceptors (Lipinski definition) is 4. The second kappa shape index (κ2) is 3.55.